The van der Waals surface area contributed by atoms with Crippen LogP contribution in [0.4, 0.5) is 5.82 Å². The molecule has 0 bridgehead atoms. The van der Waals surface area contributed by atoms with Gasteiger partial charge in [0.15, 0.2) is 0 Å². The zero-order valence-corrected chi connectivity index (χ0v) is 11.4. The van der Waals surface area contributed by atoms with E-state index in [1.165, 1.54) is 17.7 Å². The Morgan fingerprint density at radius 2 is 2.00 bits per heavy atom. The molecule has 0 fully saturated rings. The van der Waals surface area contributed by atoms with Crippen molar-refractivity contribution in [1.82, 2.24) is 9.97 Å². The van der Waals surface area contributed by atoms with E-state index in [4.69, 9.17) is 11.6 Å². The van der Waals surface area contributed by atoms with E-state index in [0.29, 0.717) is 6.54 Å². The first-order valence-electron chi connectivity index (χ1n) is 6.60. The zero-order chi connectivity index (χ0) is 13.1. The average molecular weight is 274 g/mol. The molecule has 0 amide bonds. The quantitative estimate of drug-likeness (QED) is 0.868. The number of hydrogen-bond acceptors (Lipinski definition) is 3. The van der Waals surface area contributed by atoms with Crippen molar-refractivity contribution in [3.8, 4) is 0 Å². The van der Waals surface area contributed by atoms with Crippen molar-refractivity contribution in [1.29, 1.82) is 0 Å². The molecule has 3 nitrogen and oxygen atoms in total. The van der Waals surface area contributed by atoms with Crippen LogP contribution in [0.5, 0.6) is 0 Å². The minimum atomic E-state index is -0.0479. The van der Waals surface area contributed by atoms with Crippen molar-refractivity contribution in [3.05, 3.63) is 53.5 Å². The van der Waals surface area contributed by atoms with Crippen LogP contribution < -0.4 is 5.32 Å². The predicted molar refractivity (Wildman–Crippen MR) is 77.6 cm³/mol. The van der Waals surface area contributed by atoms with E-state index in [1.54, 1.807) is 6.33 Å². The molecule has 2 aromatic rings. The standard InChI is InChI=1S/C15H16ClN3/c16-13(11-5-2-1-3-6-11)9-17-15-12-7-4-8-14(12)18-10-19-15/h1-3,5-6,10,13H,4,7-9H2,(H,17,18,19). The molecule has 1 N–H and O–H groups in total. The molecular weight excluding hydrogens is 258 g/mol. The average Bonchev–Trinajstić information content (AvgIpc) is 2.94. The van der Waals surface area contributed by atoms with Gasteiger partial charge in [-0.15, -0.1) is 11.6 Å². The third kappa shape index (κ3) is 2.71. The number of fused-ring (bicyclic) bond motifs is 1. The Bertz CT molecular complexity index is 557. The van der Waals surface area contributed by atoms with Gasteiger partial charge in [-0.25, -0.2) is 9.97 Å². The van der Waals surface area contributed by atoms with E-state index in [-0.39, 0.29) is 5.38 Å². The van der Waals surface area contributed by atoms with Gasteiger partial charge in [-0.2, -0.15) is 0 Å². The molecule has 1 aromatic carbocycles. The number of alkyl halides is 1. The molecule has 19 heavy (non-hydrogen) atoms. The van der Waals surface area contributed by atoms with Gasteiger partial charge in [-0.3, -0.25) is 0 Å². The Morgan fingerprint density at radius 3 is 2.84 bits per heavy atom. The van der Waals surface area contributed by atoms with Gasteiger partial charge < -0.3 is 5.32 Å². The highest BCUT2D eigenvalue weighted by Gasteiger charge is 2.17. The van der Waals surface area contributed by atoms with E-state index in [1.807, 2.05) is 30.3 Å². The Morgan fingerprint density at radius 1 is 1.16 bits per heavy atom. The molecule has 0 spiro atoms. The number of nitrogens with zero attached hydrogens (tertiary/aromatic N) is 2. The Hall–Kier alpha value is -1.61. The summed E-state index contributed by atoms with van der Waals surface area (Å²) in [4.78, 5) is 8.66. The SMILES string of the molecule is ClC(CNc1ncnc2c1CCC2)c1ccccc1. The summed E-state index contributed by atoms with van der Waals surface area (Å²) >= 11 is 6.40. The first kappa shape index (κ1) is 12.4. The number of halogens is 1. The minimum Gasteiger partial charge on any atom is -0.368 e. The van der Waals surface area contributed by atoms with E-state index >= 15 is 0 Å². The van der Waals surface area contributed by atoms with Gasteiger partial charge in [0.25, 0.3) is 0 Å². The van der Waals surface area contributed by atoms with E-state index in [2.05, 4.69) is 15.3 Å². The van der Waals surface area contributed by atoms with Crippen LogP contribution in [0.3, 0.4) is 0 Å². The molecule has 1 unspecified atom stereocenters. The van der Waals surface area contributed by atoms with Crippen LogP contribution in [0.1, 0.15) is 28.6 Å². The molecule has 1 aliphatic carbocycles. The summed E-state index contributed by atoms with van der Waals surface area (Å²) in [5.74, 6) is 0.948. The second-order valence-corrected chi connectivity index (χ2v) is 5.29. The monoisotopic (exact) mass is 273 g/mol. The largest absolute Gasteiger partial charge is 0.368 e. The van der Waals surface area contributed by atoms with Crippen LogP contribution in [0.2, 0.25) is 0 Å². The summed E-state index contributed by atoms with van der Waals surface area (Å²) in [6, 6.07) is 10.1. The zero-order valence-electron chi connectivity index (χ0n) is 10.6. The molecule has 0 aliphatic heterocycles. The molecule has 3 rings (SSSR count). The molecule has 4 heteroatoms. The summed E-state index contributed by atoms with van der Waals surface area (Å²) in [5, 5.41) is 3.31. The molecule has 1 aliphatic rings. The first-order chi connectivity index (χ1) is 9.34. The number of aromatic nitrogens is 2. The minimum absolute atomic E-state index is 0.0479. The van der Waals surface area contributed by atoms with Gasteiger partial charge in [-0.05, 0) is 24.8 Å². The molecule has 98 valence electrons. The normalized spacial score (nSPS) is 15.0. The van der Waals surface area contributed by atoms with Gasteiger partial charge in [0.2, 0.25) is 0 Å². The number of anilines is 1. The fourth-order valence-corrected chi connectivity index (χ4v) is 2.70. The number of nitrogens with one attached hydrogen (secondary N) is 1. The fourth-order valence-electron chi connectivity index (χ4n) is 2.48. The summed E-state index contributed by atoms with van der Waals surface area (Å²) in [5.41, 5.74) is 3.57. The number of benzene rings is 1. The van der Waals surface area contributed by atoms with Crippen LogP contribution in [0.15, 0.2) is 36.7 Å². The third-order valence-electron chi connectivity index (χ3n) is 3.48. The lowest BCUT2D eigenvalue weighted by atomic mass is 10.1. The van der Waals surface area contributed by atoms with Gasteiger partial charge in [0.1, 0.15) is 12.1 Å². The van der Waals surface area contributed by atoms with Crippen molar-refractivity contribution in [2.75, 3.05) is 11.9 Å². The van der Waals surface area contributed by atoms with Crippen LogP contribution in [-0.4, -0.2) is 16.5 Å². The van der Waals surface area contributed by atoms with Crippen LogP contribution in [0, 0.1) is 0 Å². The number of aryl methyl sites for hydroxylation is 1. The lowest BCUT2D eigenvalue weighted by Gasteiger charge is -2.13. The van der Waals surface area contributed by atoms with Crippen LogP contribution in [0.25, 0.3) is 0 Å². The van der Waals surface area contributed by atoms with Crippen molar-refractivity contribution < 1.29 is 0 Å². The van der Waals surface area contributed by atoms with E-state index < -0.39 is 0 Å². The maximum absolute atomic E-state index is 6.40. The lowest BCUT2D eigenvalue weighted by Crippen LogP contribution is -2.11. The maximum Gasteiger partial charge on any atom is 0.132 e. The molecule has 1 aromatic heterocycles. The Labute approximate surface area is 118 Å². The number of rotatable bonds is 4. The second kappa shape index (κ2) is 5.57. The van der Waals surface area contributed by atoms with Gasteiger partial charge in [-0.1, -0.05) is 30.3 Å². The van der Waals surface area contributed by atoms with Gasteiger partial charge in [0, 0.05) is 17.8 Å². The smallest absolute Gasteiger partial charge is 0.132 e. The predicted octanol–water partition coefficient (Wildman–Crippen LogP) is 3.36. The van der Waals surface area contributed by atoms with Crippen LogP contribution in [-0.2, 0) is 12.8 Å². The highest BCUT2D eigenvalue weighted by Crippen LogP contribution is 2.26. The van der Waals surface area contributed by atoms with Crippen molar-refractivity contribution in [3.63, 3.8) is 0 Å². The fraction of sp³-hybridized carbons (Fsp3) is 0.333. The van der Waals surface area contributed by atoms with Crippen molar-refractivity contribution in [2.24, 2.45) is 0 Å². The van der Waals surface area contributed by atoms with Crippen molar-refractivity contribution >= 4 is 17.4 Å². The molecule has 0 radical (unpaired) electrons. The summed E-state index contributed by atoms with van der Waals surface area (Å²) < 4.78 is 0. The van der Waals surface area contributed by atoms with Crippen LogP contribution >= 0.6 is 11.6 Å². The Kier molecular flexibility index (Phi) is 3.65. The van der Waals surface area contributed by atoms with E-state index in [9.17, 15) is 0 Å². The van der Waals surface area contributed by atoms with E-state index in [0.717, 1.165) is 24.2 Å². The molecule has 1 heterocycles. The molecule has 0 saturated carbocycles. The van der Waals surface area contributed by atoms with Crippen molar-refractivity contribution in [2.45, 2.75) is 24.6 Å². The lowest BCUT2D eigenvalue weighted by molar-refractivity contribution is 0.898. The maximum atomic E-state index is 6.40. The second-order valence-electron chi connectivity index (χ2n) is 4.76. The molecular formula is C15H16ClN3. The highest BCUT2D eigenvalue weighted by atomic mass is 35.5. The summed E-state index contributed by atoms with van der Waals surface area (Å²) in [7, 11) is 0. The Balaban J connectivity index is 1.69. The molecule has 1 atom stereocenters. The number of hydrogen-bond donors (Lipinski definition) is 1. The van der Waals surface area contributed by atoms with Gasteiger partial charge in [0.05, 0.1) is 5.38 Å². The van der Waals surface area contributed by atoms with Gasteiger partial charge >= 0.3 is 0 Å². The first-order valence-corrected chi connectivity index (χ1v) is 7.04. The summed E-state index contributed by atoms with van der Waals surface area (Å²) in [6.45, 7) is 0.676. The third-order valence-corrected chi connectivity index (χ3v) is 3.89. The molecule has 0 saturated heterocycles. The summed E-state index contributed by atoms with van der Waals surface area (Å²) in [6.07, 6.45) is 4.94. The topological polar surface area (TPSA) is 37.8 Å². The highest BCUT2D eigenvalue weighted by molar-refractivity contribution is 6.21.